The van der Waals surface area contributed by atoms with Crippen LogP contribution in [-0.2, 0) is 0 Å². The van der Waals surface area contributed by atoms with E-state index in [1.807, 2.05) is 0 Å². The minimum Gasteiger partial charge on any atom is -0.0788 e. The van der Waals surface area contributed by atoms with E-state index in [0.29, 0.717) is 0 Å². The van der Waals surface area contributed by atoms with Crippen LogP contribution in [0.5, 0.6) is 0 Å². The molecule has 0 heterocycles. The fourth-order valence-electron chi connectivity index (χ4n) is 14.8. The summed E-state index contributed by atoms with van der Waals surface area (Å²) in [6.07, 6.45) is 5.86. The van der Waals surface area contributed by atoms with Crippen LogP contribution in [0.4, 0.5) is 0 Å². The van der Waals surface area contributed by atoms with Gasteiger partial charge in [-0.05, 0) is 30.2 Å². The van der Waals surface area contributed by atoms with Crippen molar-refractivity contribution in [1.29, 1.82) is 0 Å². The highest BCUT2D eigenvalue weighted by molar-refractivity contribution is 7.52. The van der Waals surface area contributed by atoms with Gasteiger partial charge in [-0.15, -0.1) is 0 Å². The minimum atomic E-state index is -1.85. The van der Waals surface area contributed by atoms with Gasteiger partial charge in [0, 0.05) is 64.6 Å². The molecule has 0 unspecified atom stereocenters. The molecule has 0 aromatic heterocycles. The normalized spacial score (nSPS) is 15.6. The zero-order chi connectivity index (χ0) is 40.7. The van der Waals surface area contributed by atoms with E-state index in [2.05, 4.69) is 185 Å². The van der Waals surface area contributed by atoms with E-state index >= 15 is 0 Å². The van der Waals surface area contributed by atoms with Gasteiger partial charge in [-0.25, -0.2) is 0 Å². The second-order valence-corrected chi connectivity index (χ2v) is 94.6. The highest BCUT2D eigenvalue weighted by atomic mass is 29.5. The summed E-state index contributed by atoms with van der Waals surface area (Å²) in [5.41, 5.74) is 2.03. The number of hydrogen-bond donors (Lipinski definition) is 0. The van der Waals surface area contributed by atoms with Gasteiger partial charge in [0.05, 0.1) is 15.2 Å². The Kier molecular flexibility index (Phi) is 18.5. The lowest BCUT2D eigenvalue weighted by molar-refractivity contribution is 0.735. The van der Waals surface area contributed by atoms with E-state index in [0.717, 1.165) is 30.2 Å². The highest BCUT2D eigenvalue weighted by Crippen LogP contribution is 2.59. The van der Waals surface area contributed by atoms with Crippen molar-refractivity contribution in [3.8, 4) is 0 Å². The van der Waals surface area contributed by atoms with Crippen LogP contribution >= 0.6 is 0 Å². The van der Waals surface area contributed by atoms with Gasteiger partial charge >= 0.3 is 0 Å². The van der Waals surface area contributed by atoms with E-state index < -0.39 is 79.8 Å². The second kappa shape index (κ2) is 17.6. The smallest absolute Gasteiger partial charge is 0.0788 e. The predicted octanol–water partition coefficient (Wildman–Crippen LogP) is 15.1. The Morgan fingerprint density at radius 1 is 0.260 bits per heavy atom. The van der Waals surface area contributed by atoms with Crippen LogP contribution in [0.2, 0.25) is 187 Å². The predicted molar refractivity (Wildman–Crippen MR) is 273 cm³/mol. The first-order chi connectivity index (χ1) is 21.7. The number of rotatable bonds is 18. The molecule has 0 aromatic rings. The lowest BCUT2D eigenvalue weighted by Crippen LogP contribution is -2.75. The summed E-state index contributed by atoms with van der Waals surface area (Å²) in [4.78, 5) is 4.52. The van der Waals surface area contributed by atoms with Crippen molar-refractivity contribution in [2.24, 2.45) is 0 Å². The van der Waals surface area contributed by atoms with Crippen LogP contribution in [0.25, 0.3) is 0 Å². The van der Waals surface area contributed by atoms with Crippen LogP contribution in [0.1, 0.15) is 53.4 Å². The van der Waals surface area contributed by atoms with E-state index in [1.54, 1.807) is 0 Å². The van der Waals surface area contributed by atoms with E-state index in [9.17, 15) is 0 Å². The van der Waals surface area contributed by atoms with Crippen LogP contribution in [0.3, 0.4) is 0 Å². The standard InChI is InChI=1S/C38H98Si12/c1-29-33(30-2)49(35(41(5,6)7)42(8,9)10,36(43(11,12)13)44(14,15)16)39-40-50(34(31-3)32-4,37(45(17,18)19)46(20,21)22)38(47(23,24)25)48(26,27)28/h33-38H,29-32H2,1-28H3. The molecule has 0 radical (unpaired) electrons. The molecule has 0 nitrogen and oxygen atoms in total. The Bertz CT molecular complexity index is 914. The highest BCUT2D eigenvalue weighted by Gasteiger charge is 2.66. The Hall–Kier alpha value is 2.60. The van der Waals surface area contributed by atoms with Gasteiger partial charge in [-0.1, -0.05) is 226 Å². The molecule has 0 bridgehead atoms. The molecule has 0 atom stereocenters. The molecule has 12 heteroatoms. The van der Waals surface area contributed by atoms with Crippen molar-refractivity contribution in [2.75, 3.05) is 0 Å². The molecular formula is C38H98Si12. The van der Waals surface area contributed by atoms with Gasteiger partial charge < -0.3 is 0 Å². The lowest BCUT2D eigenvalue weighted by atomic mass is 10.3. The fraction of sp³-hybridized carbons (Fsp3) is 1.00. The van der Waals surface area contributed by atoms with Crippen LogP contribution in [0.15, 0.2) is 0 Å². The molecule has 0 aliphatic heterocycles. The first-order valence-electron chi connectivity index (χ1n) is 21.3. The van der Waals surface area contributed by atoms with Gasteiger partial charge in [0.2, 0.25) is 0 Å². The summed E-state index contributed by atoms with van der Waals surface area (Å²) in [6.45, 7) is 80.2. The molecule has 0 aliphatic carbocycles. The molecule has 298 valence electrons. The molecule has 0 spiro atoms. The van der Waals surface area contributed by atoms with Crippen molar-refractivity contribution in [2.45, 2.75) is 241 Å². The molecule has 0 saturated carbocycles. The van der Waals surface area contributed by atoms with E-state index in [4.69, 9.17) is 0 Å². The zero-order valence-corrected chi connectivity index (χ0v) is 52.3. The minimum absolute atomic E-state index is 1.02. The fourth-order valence-corrected chi connectivity index (χ4v) is 201. The van der Waals surface area contributed by atoms with Crippen molar-refractivity contribution >= 4 is 95.6 Å². The quantitative estimate of drug-likeness (QED) is 0.120. The molecule has 0 aromatic carbocycles. The molecule has 0 amide bonds. The first kappa shape index (κ1) is 52.6. The SMILES string of the molecule is CCC(CC)[Si]([Si]#[Si][Si](C(CC)CC)(C([Si](C)(C)C)[Si](C)(C)C)C([Si](C)(C)C)[Si](C)(C)C)(C([Si](C)(C)C)[Si](C)(C)C)C([Si](C)(C)C)[Si](C)(C)C. The molecule has 0 saturated heterocycles. The van der Waals surface area contributed by atoms with E-state index in [1.165, 1.54) is 41.6 Å². The van der Waals surface area contributed by atoms with Crippen molar-refractivity contribution in [3.63, 3.8) is 0 Å². The Morgan fingerprint density at radius 3 is 0.460 bits per heavy atom. The van der Waals surface area contributed by atoms with E-state index in [-0.39, 0.29) is 0 Å². The Morgan fingerprint density at radius 2 is 0.380 bits per heavy atom. The summed E-state index contributed by atoms with van der Waals surface area (Å²) < 4.78 is 0. The Balaban J connectivity index is 10.1. The molecular weight excluding hydrogens is 793 g/mol. The summed E-state index contributed by atoms with van der Waals surface area (Å²) in [6, 6.07) is 0. The van der Waals surface area contributed by atoms with Gasteiger partial charge in [-0.2, -0.15) is 0 Å². The zero-order valence-electron chi connectivity index (χ0n) is 40.3. The van der Waals surface area contributed by atoms with Crippen LogP contribution < -0.4 is 0 Å². The first-order valence-corrected chi connectivity index (χ1v) is 59.3. The van der Waals surface area contributed by atoms with Crippen LogP contribution in [-0.4, -0.2) is 95.6 Å². The van der Waals surface area contributed by atoms with Gasteiger partial charge in [-0.3, -0.25) is 0 Å². The molecule has 0 rings (SSSR count). The average molecular weight is 892 g/mol. The largest absolute Gasteiger partial charge is 0.0976 e. The van der Waals surface area contributed by atoms with Crippen molar-refractivity contribution in [1.82, 2.24) is 0 Å². The summed E-state index contributed by atoms with van der Waals surface area (Å²) >= 11 is 0. The lowest BCUT2D eigenvalue weighted by Gasteiger charge is -2.62. The third kappa shape index (κ3) is 12.1. The maximum absolute atomic E-state index is 2.89. The molecule has 50 heavy (non-hydrogen) atoms. The summed E-state index contributed by atoms with van der Waals surface area (Å²) in [7, 11) is -12.9. The van der Waals surface area contributed by atoms with Crippen molar-refractivity contribution in [3.05, 3.63) is 0 Å². The third-order valence-electron chi connectivity index (χ3n) is 12.7. The molecule has 0 aliphatic rings. The van der Waals surface area contributed by atoms with Gasteiger partial charge in [0.25, 0.3) is 0 Å². The average Bonchev–Trinajstić information content (AvgIpc) is 2.76. The summed E-state index contributed by atoms with van der Waals surface area (Å²) in [5, 5.41) is 0. The van der Waals surface area contributed by atoms with Gasteiger partial charge in [0.15, 0.2) is 0 Å². The summed E-state index contributed by atoms with van der Waals surface area (Å²) in [5.74, 6) is 0. The van der Waals surface area contributed by atoms with Crippen molar-refractivity contribution < 1.29 is 0 Å². The molecule has 0 fully saturated rings. The maximum Gasteiger partial charge on any atom is 0.0976 e. The number of hydrogen-bond acceptors (Lipinski definition) is 0. The third-order valence-corrected chi connectivity index (χ3v) is 117. The monoisotopic (exact) mass is 890 g/mol. The Labute approximate surface area is 333 Å². The van der Waals surface area contributed by atoms with Crippen LogP contribution in [0, 0.1) is 0 Å². The maximum atomic E-state index is 2.89. The topological polar surface area (TPSA) is 0 Å². The second-order valence-electron chi connectivity index (χ2n) is 25.8. The van der Waals surface area contributed by atoms with Gasteiger partial charge in [0.1, 0.15) is 0 Å². The molecule has 0 N–H and O–H groups in total.